The third kappa shape index (κ3) is 3.12. The lowest BCUT2D eigenvalue weighted by Gasteiger charge is -2.06. The van der Waals surface area contributed by atoms with Gasteiger partial charge in [-0.15, -0.1) is 0 Å². The number of hydrogen-bond donors (Lipinski definition) is 1. The smallest absolute Gasteiger partial charge is 0.345 e. The Kier molecular flexibility index (Phi) is 3.96. The first-order valence-corrected chi connectivity index (χ1v) is 8.10. The summed E-state index contributed by atoms with van der Waals surface area (Å²) in [6.07, 6.45) is 0. The molecule has 0 saturated heterocycles. The first-order valence-electron chi connectivity index (χ1n) is 7.72. The molecule has 1 aromatic heterocycles. The molecule has 0 amide bonds. The largest absolute Gasteiger partial charge is 0.423 e. The number of aromatic nitrogens is 2. The molecular formula is C20H13ClN2O2. The normalized spacial score (nSPS) is 10.8. The van der Waals surface area contributed by atoms with Crippen LogP contribution in [0, 0.1) is 0 Å². The van der Waals surface area contributed by atoms with Crippen molar-refractivity contribution in [3.05, 3.63) is 83.4 Å². The van der Waals surface area contributed by atoms with Crippen molar-refractivity contribution in [2.24, 2.45) is 0 Å². The predicted molar refractivity (Wildman–Crippen MR) is 97.9 cm³/mol. The van der Waals surface area contributed by atoms with Crippen molar-refractivity contribution in [1.29, 1.82) is 0 Å². The Bertz CT molecular complexity index is 1040. The number of esters is 1. The number of aromatic amines is 1. The van der Waals surface area contributed by atoms with Crippen molar-refractivity contribution in [3.63, 3.8) is 0 Å². The third-order valence-corrected chi connectivity index (χ3v) is 4.13. The summed E-state index contributed by atoms with van der Waals surface area (Å²) in [6.45, 7) is 0. The molecule has 4 rings (SSSR count). The van der Waals surface area contributed by atoms with Crippen LogP contribution in [-0.4, -0.2) is 15.9 Å². The molecule has 0 fully saturated rings. The van der Waals surface area contributed by atoms with Crippen molar-refractivity contribution in [1.82, 2.24) is 9.97 Å². The Balaban J connectivity index is 1.63. The van der Waals surface area contributed by atoms with Gasteiger partial charge in [0.25, 0.3) is 0 Å². The van der Waals surface area contributed by atoms with Crippen molar-refractivity contribution >= 4 is 28.6 Å². The topological polar surface area (TPSA) is 55.0 Å². The summed E-state index contributed by atoms with van der Waals surface area (Å²) in [6, 6.07) is 21.8. The van der Waals surface area contributed by atoms with E-state index >= 15 is 0 Å². The summed E-state index contributed by atoms with van der Waals surface area (Å²) < 4.78 is 5.45. The first-order chi connectivity index (χ1) is 12.2. The Hall–Kier alpha value is -3.11. The van der Waals surface area contributed by atoms with Crippen LogP contribution in [0.25, 0.3) is 22.4 Å². The molecule has 0 atom stereocenters. The molecule has 0 bridgehead atoms. The molecule has 1 N–H and O–H groups in total. The number of carbonyl (C=O) groups excluding carboxylic acids is 1. The van der Waals surface area contributed by atoms with E-state index in [0.717, 1.165) is 22.4 Å². The molecule has 0 radical (unpaired) electrons. The van der Waals surface area contributed by atoms with E-state index in [1.807, 2.05) is 36.4 Å². The minimum absolute atomic E-state index is 0.332. The number of halogens is 1. The number of hydrogen-bond acceptors (Lipinski definition) is 3. The third-order valence-electron chi connectivity index (χ3n) is 3.80. The molecule has 25 heavy (non-hydrogen) atoms. The number of fused-ring (bicyclic) bond motifs is 1. The number of benzene rings is 3. The number of nitrogens with one attached hydrogen (secondary N) is 1. The Morgan fingerprint density at radius 3 is 2.60 bits per heavy atom. The van der Waals surface area contributed by atoms with Gasteiger partial charge in [0.1, 0.15) is 11.6 Å². The molecule has 4 aromatic rings. The van der Waals surface area contributed by atoms with Crippen LogP contribution in [0.4, 0.5) is 0 Å². The zero-order valence-corrected chi connectivity index (χ0v) is 13.8. The second kappa shape index (κ2) is 6.42. The summed E-state index contributed by atoms with van der Waals surface area (Å²) in [7, 11) is 0. The van der Waals surface area contributed by atoms with E-state index < -0.39 is 5.97 Å². The maximum Gasteiger partial charge on any atom is 0.345 e. The number of rotatable bonds is 3. The molecule has 122 valence electrons. The van der Waals surface area contributed by atoms with Gasteiger partial charge in [-0.2, -0.15) is 0 Å². The molecule has 5 heteroatoms. The van der Waals surface area contributed by atoms with E-state index in [4.69, 9.17) is 16.3 Å². The maximum atomic E-state index is 12.3. The van der Waals surface area contributed by atoms with E-state index in [9.17, 15) is 4.79 Å². The van der Waals surface area contributed by atoms with Crippen LogP contribution in [0.1, 0.15) is 10.4 Å². The average Bonchev–Trinajstić information content (AvgIpc) is 3.06. The quantitative estimate of drug-likeness (QED) is 0.414. The fourth-order valence-corrected chi connectivity index (χ4v) is 2.80. The first kappa shape index (κ1) is 15.4. The highest BCUT2D eigenvalue weighted by molar-refractivity contribution is 6.33. The molecule has 0 spiro atoms. The Labute approximate surface area is 149 Å². The number of ether oxygens (including phenoxy) is 1. The molecule has 0 unspecified atom stereocenters. The summed E-state index contributed by atoms with van der Waals surface area (Å²) in [5.41, 5.74) is 3.01. The second-order valence-electron chi connectivity index (χ2n) is 5.50. The van der Waals surface area contributed by atoms with Crippen LogP contribution < -0.4 is 4.74 Å². The predicted octanol–water partition coefficient (Wildman–Crippen LogP) is 5.10. The van der Waals surface area contributed by atoms with Gasteiger partial charge < -0.3 is 9.72 Å². The Morgan fingerprint density at radius 2 is 1.76 bits per heavy atom. The molecule has 0 aliphatic heterocycles. The van der Waals surface area contributed by atoms with Crippen LogP contribution in [0.3, 0.4) is 0 Å². The van der Waals surface area contributed by atoms with Gasteiger partial charge in [-0.3, -0.25) is 0 Å². The van der Waals surface area contributed by atoms with Gasteiger partial charge in [0.05, 0.1) is 21.6 Å². The highest BCUT2D eigenvalue weighted by Gasteiger charge is 2.13. The van der Waals surface area contributed by atoms with E-state index in [2.05, 4.69) is 9.97 Å². The van der Waals surface area contributed by atoms with Crippen LogP contribution in [0.5, 0.6) is 5.75 Å². The molecule has 4 nitrogen and oxygen atoms in total. The van der Waals surface area contributed by atoms with E-state index in [1.165, 1.54) is 0 Å². The SMILES string of the molecule is O=C(Oc1cccc(-c2nc3ccccc3[nH]2)c1)c1ccccc1Cl. The molecule has 0 aliphatic carbocycles. The Morgan fingerprint density at radius 1 is 0.960 bits per heavy atom. The maximum absolute atomic E-state index is 12.3. The minimum Gasteiger partial charge on any atom is -0.423 e. The number of imidazole rings is 1. The van der Waals surface area contributed by atoms with Crippen molar-refractivity contribution in [3.8, 4) is 17.1 Å². The van der Waals surface area contributed by atoms with Crippen LogP contribution in [0.2, 0.25) is 5.02 Å². The van der Waals surface area contributed by atoms with Crippen LogP contribution in [-0.2, 0) is 0 Å². The van der Waals surface area contributed by atoms with E-state index in [0.29, 0.717) is 16.3 Å². The summed E-state index contributed by atoms with van der Waals surface area (Å²) in [5.74, 6) is 0.659. The summed E-state index contributed by atoms with van der Waals surface area (Å²) >= 11 is 6.04. The van der Waals surface area contributed by atoms with Crippen molar-refractivity contribution in [2.75, 3.05) is 0 Å². The molecule has 0 aliphatic rings. The van der Waals surface area contributed by atoms with Crippen LogP contribution >= 0.6 is 11.6 Å². The van der Waals surface area contributed by atoms with Gasteiger partial charge >= 0.3 is 5.97 Å². The summed E-state index contributed by atoms with van der Waals surface area (Å²) in [5, 5.41) is 0.362. The molecule has 0 saturated carbocycles. The fourth-order valence-electron chi connectivity index (χ4n) is 2.59. The van der Waals surface area contributed by atoms with Gasteiger partial charge in [0, 0.05) is 5.56 Å². The summed E-state index contributed by atoms with van der Waals surface area (Å²) in [4.78, 5) is 20.1. The highest BCUT2D eigenvalue weighted by Crippen LogP contribution is 2.25. The van der Waals surface area contributed by atoms with E-state index in [1.54, 1.807) is 36.4 Å². The van der Waals surface area contributed by atoms with Crippen molar-refractivity contribution in [2.45, 2.75) is 0 Å². The van der Waals surface area contributed by atoms with Crippen molar-refractivity contribution < 1.29 is 9.53 Å². The van der Waals surface area contributed by atoms with Gasteiger partial charge in [-0.1, -0.05) is 48.0 Å². The van der Waals surface area contributed by atoms with Crippen LogP contribution in [0.15, 0.2) is 72.8 Å². The number of carbonyl (C=O) groups is 1. The lowest BCUT2D eigenvalue weighted by molar-refractivity contribution is 0.0735. The van der Waals surface area contributed by atoms with Gasteiger partial charge in [0.15, 0.2) is 0 Å². The van der Waals surface area contributed by atoms with Gasteiger partial charge in [0.2, 0.25) is 0 Å². The highest BCUT2D eigenvalue weighted by atomic mass is 35.5. The second-order valence-corrected chi connectivity index (χ2v) is 5.91. The molecule has 1 heterocycles. The lowest BCUT2D eigenvalue weighted by Crippen LogP contribution is -2.09. The molecular weight excluding hydrogens is 336 g/mol. The van der Waals surface area contributed by atoms with Gasteiger partial charge in [-0.25, -0.2) is 9.78 Å². The average molecular weight is 349 g/mol. The zero-order chi connectivity index (χ0) is 17.2. The number of para-hydroxylation sites is 2. The number of nitrogens with zero attached hydrogens (tertiary/aromatic N) is 1. The van der Waals surface area contributed by atoms with E-state index in [-0.39, 0.29) is 0 Å². The standard InChI is InChI=1S/C20H13ClN2O2/c21-16-9-2-1-8-15(16)20(24)25-14-7-5-6-13(12-14)19-22-17-10-3-4-11-18(17)23-19/h1-12H,(H,22,23). The van der Waals surface area contributed by atoms with Gasteiger partial charge in [-0.05, 0) is 36.4 Å². The monoisotopic (exact) mass is 348 g/mol. The molecule has 3 aromatic carbocycles. The fraction of sp³-hybridized carbons (Fsp3) is 0. The number of H-pyrrole nitrogens is 1. The zero-order valence-electron chi connectivity index (χ0n) is 13.1. The lowest BCUT2D eigenvalue weighted by atomic mass is 10.2. The minimum atomic E-state index is -0.493.